The van der Waals surface area contributed by atoms with Crippen molar-refractivity contribution < 1.29 is 9.84 Å². The molecule has 15 heavy (non-hydrogen) atoms. The number of nitrogens with two attached hydrogens (primary N) is 1. The van der Waals surface area contributed by atoms with E-state index in [0.29, 0.717) is 11.8 Å². The van der Waals surface area contributed by atoms with Crippen LogP contribution in [0.25, 0.3) is 0 Å². The van der Waals surface area contributed by atoms with Crippen molar-refractivity contribution in [2.75, 3.05) is 19.7 Å². The summed E-state index contributed by atoms with van der Waals surface area (Å²) in [6, 6.07) is 0. The summed E-state index contributed by atoms with van der Waals surface area (Å²) < 4.78 is 5.14. The number of thiocarbonyl (C=S) groups is 2. The number of aliphatic hydroxyl groups is 1. The average molecular weight is 255 g/mol. The molecule has 0 heterocycles. The van der Waals surface area contributed by atoms with Crippen LogP contribution in [0.4, 0.5) is 0 Å². The third-order valence-electron chi connectivity index (χ3n) is 1.29. The van der Waals surface area contributed by atoms with Crippen molar-refractivity contribution in [1.82, 2.24) is 11.1 Å². The lowest BCUT2D eigenvalue weighted by Gasteiger charge is -2.20. The third-order valence-corrected chi connectivity index (χ3v) is 1.67. The van der Waals surface area contributed by atoms with Crippen LogP contribution in [0.5, 0.6) is 0 Å². The summed E-state index contributed by atoms with van der Waals surface area (Å²) in [7, 11) is 0. The molecule has 6 N–H and O–H groups in total. The molecule has 0 bridgehead atoms. The fourth-order valence-electron chi connectivity index (χ4n) is 0.697. The zero-order valence-electron chi connectivity index (χ0n) is 9.52. The van der Waals surface area contributed by atoms with E-state index in [1.165, 1.54) is 0 Å². The minimum atomic E-state index is -0.500. The monoisotopic (exact) mass is 255 g/mol. The Hall–Kier alpha value is -0.660. The predicted molar refractivity (Wildman–Crippen MR) is 71.6 cm³/mol. The van der Waals surface area contributed by atoms with Crippen molar-refractivity contribution in [2.24, 2.45) is 5.73 Å². The lowest BCUT2D eigenvalue weighted by molar-refractivity contribution is 0.264. The summed E-state index contributed by atoms with van der Waals surface area (Å²) in [5.74, 6) is 0. The molecule has 0 fully saturated rings. The van der Waals surface area contributed by atoms with E-state index in [0.717, 1.165) is 13.1 Å². The summed E-state index contributed by atoms with van der Waals surface area (Å²) >= 11 is 8.85. The Labute approximate surface area is 102 Å². The summed E-state index contributed by atoms with van der Waals surface area (Å²) in [4.78, 5) is 2.01. The smallest absolute Gasteiger partial charge is 0.259 e. The van der Waals surface area contributed by atoms with Gasteiger partial charge in [-0.05, 0) is 45.2 Å². The van der Waals surface area contributed by atoms with E-state index in [1.54, 1.807) is 0 Å². The molecule has 92 valence electrons. The molecule has 0 aromatic heterocycles. The van der Waals surface area contributed by atoms with E-state index in [1.807, 2.05) is 11.8 Å². The van der Waals surface area contributed by atoms with Gasteiger partial charge in [-0.25, -0.2) is 0 Å². The molecule has 0 saturated carbocycles. The molecule has 0 aromatic carbocycles. The summed E-state index contributed by atoms with van der Waals surface area (Å²) in [6.07, 6.45) is 0. The highest BCUT2D eigenvalue weighted by atomic mass is 32.1. The summed E-state index contributed by atoms with van der Waals surface area (Å²) in [6.45, 7) is 8.58. The molecule has 0 radical (unpaired) electrons. The van der Waals surface area contributed by atoms with E-state index < -0.39 is 5.17 Å². The number of nitrogens with zero attached hydrogens (tertiary/aromatic N) is 1. The Morgan fingerprint density at radius 3 is 1.80 bits per heavy atom. The first-order valence-electron chi connectivity index (χ1n) is 4.39. The SMILES string of the molecule is CCOC(=S)N(CC)CC.N.NC(O)=S. The second kappa shape index (κ2) is 13.3. The van der Waals surface area contributed by atoms with Crippen LogP contribution in [-0.4, -0.2) is 40.1 Å². The van der Waals surface area contributed by atoms with Crippen molar-refractivity contribution >= 4 is 34.8 Å². The van der Waals surface area contributed by atoms with Gasteiger partial charge in [0.1, 0.15) is 0 Å². The number of hydrogen-bond acceptors (Lipinski definition) is 4. The molecule has 5 nitrogen and oxygen atoms in total. The van der Waals surface area contributed by atoms with Gasteiger partial charge in [0, 0.05) is 13.1 Å². The van der Waals surface area contributed by atoms with E-state index in [2.05, 4.69) is 31.8 Å². The molecule has 7 heteroatoms. The molecular formula is C8H21N3O2S2. The first kappa shape index (κ1) is 19.8. The molecular weight excluding hydrogens is 234 g/mol. The minimum absolute atomic E-state index is 0. The zero-order chi connectivity index (χ0) is 11.6. The van der Waals surface area contributed by atoms with Crippen LogP contribution >= 0.6 is 24.4 Å². The van der Waals surface area contributed by atoms with Crippen molar-refractivity contribution in [3.8, 4) is 0 Å². The largest absolute Gasteiger partial charge is 0.487 e. The number of ether oxygens (including phenoxy) is 1. The van der Waals surface area contributed by atoms with Gasteiger partial charge in [-0.15, -0.1) is 0 Å². The zero-order valence-corrected chi connectivity index (χ0v) is 11.2. The quantitative estimate of drug-likeness (QED) is 0.659. The highest BCUT2D eigenvalue weighted by Crippen LogP contribution is 1.92. The fraction of sp³-hybridized carbons (Fsp3) is 0.750. The minimum Gasteiger partial charge on any atom is -0.487 e. The van der Waals surface area contributed by atoms with E-state index >= 15 is 0 Å². The lowest BCUT2D eigenvalue weighted by atomic mass is 10.6. The maximum atomic E-state index is 7.56. The van der Waals surface area contributed by atoms with E-state index in [-0.39, 0.29) is 6.15 Å². The summed E-state index contributed by atoms with van der Waals surface area (Å²) in [5, 5.41) is 7.68. The Kier molecular flexibility index (Phi) is 17.6. The molecule has 0 atom stereocenters. The van der Waals surface area contributed by atoms with Crippen LogP contribution in [-0.2, 0) is 4.74 Å². The maximum Gasteiger partial charge on any atom is 0.259 e. The highest BCUT2D eigenvalue weighted by Gasteiger charge is 2.03. The van der Waals surface area contributed by atoms with E-state index in [9.17, 15) is 0 Å². The second-order valence-electron chi connectivity index (χ2n) is 2.21. The van der Waals surface area contributed by atoms with Gasteiger partial charge in [0.25, 0.3) is 10.3 Å². The van der Waals surface area contributed by atoms with Crippen LogP contribution in [0.3, 0.4) is 0 Å². The van der Waals surface area contributed by atoms with Crippen molar-refractivity contribution in [3.05, 3.63) is 0 Å². The molecule has 0 aliphatic heterocycles. The molecule has 0 rings (SSSR count). The number of aliphatic hydroxyl groups excluding tert-OH is 1. The molecule has 0 amide bonds. The fourth-order valence-corrected chi connectivity index (χ4v) is 1.07. The van der Waals surface area contributed by atoms with Gasteiger partial charge in [-0.3, -0.25) is 0 Å². The molecule has 0 saturated heterocycles. The van der Waals surface area contributed by atoms with Crippen LogP contribution < -0.4 is 11.9 Å². The standard InChI is InChI=1S/C7H15NOS.CH3NOS.H3N/c1-4-8(5-2)7(10)9-6-3;2-1(3)4;/h4-6H2,1-3H3;(H3,2,3,4);1H3. The van der Waals surface area contributed by atoms with Crippen molar-refractivity contribution in [2.45, 2.75) is 20.8 Å². The Morgan fingerprint density at radius 2 is 1.60 bits per heavy atom. The number of rotatable bonds is 3. The van der Waals surface area contributed by atoms with Gasteiger partial charge in [0.15, 0.2) is 0 Å². The third kappa shape index (κ3) is 16.0. The second-order valence-corrected chi connectivity index (χ2v) is 2.98. The highest BCUT2D eigenvalue weighted by molar-refractivity contribution is 7.80. The Bertz CT molecular complexity index is 171. The maximum absolute atomic E-state index is 7.56. The predicted octanol–water partition coefficient (Wildman–Crippen LogP) is 1.60. The van der Waals surface area contributed by atoms with Crippen LogP contribution in [0.1, 0.15) is 20.8 Å². The Morgan fingerprint density at radius 1 is 1.27 bits per heavy atom. The van der Waals surface area contributed by atoms with Crippen LogP contribution in [0.2, 0.25) is 0 Å². The van der Waals surface area contributed by atoms with Gasteiger partial charge < -0.3 is 26.6 Å². The average Bonchev–Trinajstić information content (AvgIpc) is 2.06. The van der Waals surface area contributed by atoms with Gasteiger partial charge in [0.2, 0.25) is 0 Å². The topological polar surface area (TPSA) is 93.7 Å². The van der Waals surface area contributed by atoms with Crippen LogP contribution in [0.15, 0.2) is 0 Å². The Balaban J connectivity index is -0.000000249. The summed E-state index contributed by atoms with van der Waals surface area (Å²) in [5.41, 5.74) is 4.40. The van der Waals surface area contributed by atoms with Gasteiger partial charge >= 0.3 is 0 Å². The number of hydrogen-bond donors (Lipinski definition) is 3. The van der Waals surface area contributed by atoms with E-state index in [4.69, 9.17) is 22.1 Å². The first-order chi connectivity index (χ1) is 6.49. The van der Waals surface area contributed by atoms with Crippen LogP contribution in [0, 0.1) is 0 Å². The van der Waals surface area contributed by atoms with Crippen molar-refractivity contribution in [3.63, 3.8) is 0 Å². The molecule has 0 unspecified atom stereocenters. The first-order valence-corrected chi connectivity index (χ1v) is 5.21. The molecule has 0 aliphatic rings. The van der Waals surface area contributed by atoms with Gasteiger partial charge in [-0.2, -0.15) is 0 Å². The molecule has 0 spiro atoms. The van der Waals surface area contributed by atoms with Crippen molar-refractivity contribution in [1.29, 1.82) is 0 Å². The normalized spacial score (nSPS) is 7.67. The lowest BCUT2D eigenvalue weighted by Crippen LogP contribution is -2.30. The molecule has 0 aliphatic carbocycles. The van der Waals surface area contributed by atoms with Gasteiger partial charge in [0.05, 0.1) is 6.61 Å². The molecule has 0 aromatic rings. The van der Waals surface area contributed by atoms with Gasteiger partial charge in [-0.1, -0.05) is 0 Å².